The summed E-state index contributed by atoms with van der Waals surface area (Å²) in [4.78, 5) is 8.13. The monoisotopic (exact) mass is 313 g/mol. The van der Waals surface area contributed by atoms with Crippen LogP contribution >= 0.6 is 0 Å². The van der Waals surface area contributed by atoms with Crippen LogP contribution in [0.25, 0.3) is 34.2 Å². The fraction of sp³-hybridized carbons (Fsp3) is 0. The molecule has 4 aromatic rings. The molecule has 0 amide bonds. The number of nitrogens with one attached hydrogen (secondary N) is 1. The van der Waals surface area contributed by atoms with E-state index in [9.17, 15) is 0 Å². The lowest BCUT2D eigenvalue weighted by atomic mass is 10.0. The van der Waals surface area contributed by atoms with E-state index in [4.69, 9.17) is 5.73 Å². The van der Waals surface area contributed by atoms with Gasteiger partial charge in [0, 0.05) is 24.0 Å². The Morgan fingerprint density at radius 1 is 0.958 bits per heavy atom. The zero-order chi connectivity index (χ0) is 16.4. The third kappa shape index (κ3) is 2.75. The molecule has 0 atom stereocenters. The summed E-state index contributed by atoms with van der Waals surface area (Å²) >= 11 is 0. The molecule has 0 aliphatic heterocycles. The molecule has 0 aliphatic carbocycles. The number of anilines is 1. The molecule has 0 aliphatic rings. The second kappa shape index (κ2) is 5.96. The Bertz CT molecular complexity index is 1020. The van der Waals surface area contributed by atoms with E-state index in [1.54, 1.807) is 12.4 Å². The van der Waals surface area contributed by atoms with Gasteiger partial charge in [0.1, 0.15) is 5.82 Å². The molecule has 0 fully saturated rings. The minimum atomic E-state index is 0.511. The van der Waals surface area contributed by atoms with Crippen molar-refractivity contribution in [3.8, 4) is 11.1 Å². The van der Waals surface area contributed by atoms with Crippen molar-refractivity contribution in [1.82, 2.24) is 20.2 Å². The fourth-order valence-electron chi connectivity index (χ4n) is 2.63. The fourth-order valence-corrected chi connectivity index (χ4v) is 2.63. The van der Waals surface area contributed by atoms with Crippen molar-refractivity contribution in [3.05, 3.63) is 72.3 Å². The van der Waals surface area contributed by atoms with Gasteiger partial charge in [-0.1, -0.05) is 18.2 Å². The third-order valence-electron chi connectivity index (χ3n) is 3.82. The number of fused-ring (bicyclic) bond motifs is 1. The van der Waals surface area contributed by atoms with E-state index in [2.05, 4.69) is 38.4 Å². The lowest BCUT2D eigenvalue weighted by Gasteiger charge is -2.02. The van der Waals surface area contributed by atoms with Gasteiger partial charge in [0.25, 0.3) is 0 Å². The number of aromatic amines is 1. The van der Waals surface area contributed by atoms with Crippen LogP contribution in [0.5, 0.6) is 0 Å². The van der Waals surface area contributed by atoms with Crippen molar-refractivity contribution in [2.24, 2.45) is 0 Å². The van der Waals surface area contributed by atoms with E-state index < -0.39 is 0 Å². The summed E-state index contributed by atoms with van der Waals surface area (Å²) in [5, 5.41) is 8.55. The molecule has 3 heterocycles. The minimum Gasteiger partial charge on any atom is -0.384 e. The maximum Gasteiger partial charge on any atom is 0.123 e. The van der Waals surface area contributed by atoms with Gasteiger partial charge in [-0.25, -0.2) is 4.98 Å². The van der Waals surface area contributed by atoms with Crippen LogP contribution in [0, 0.1) is 0 Å². The molecule has 24 heavy (non-hydrogen) atoms. The van der Waals surface area contributed by atoms with Gasteiger partial charge < -0.3 is 5.73 Å². The zero-order valence-electron chi connectivity index (χ0n) is 12.8. The topological polar surface area (TPSA) is 80.5 Å². The second-order valence-corrected chi connectivity index (χ2v) is 5.46. The van der Waals surface area contributed by atoms with Crippen LogP contribution in [-0.4, -0.2) is 20.2 Å². The Morgan fingerprint density at radius 2 is 1.88 bits per heavy atom. The summed E-state index contributed by atoms with van der Waals surface area (Å²) in [5.41, 5.74) is 10.8. The first-order valence-electron chi connectivity index (χ1n) is 7.58. The number of aromatic nitrogens is 4. The largest absolute Gasteiger partial charge is 0.384 e. The van der Waals surface area contributed by atoms with Gasteiger partial charge in [0.05, 0.1) is 11.2 Å². The van der Waals surface area contributed by atoms with Crippen molar-refractivity contribution in [2.45, 2.75) is 0 Å². The Hall–Kier alpha value is -3.47. The molecule has 1 aromatic carbocycles. The average Bonchev–Trinajstić information content (AvgIpc) is 3.03. The summed E-state index contributed by atoms with van der Waals surface area (Å²) in [5.74, 6) is 0.511. The molecule has 5 heteroatoms. The molecule has 116 valence electrons. The van der Waals surface area contributed by atoms with Crippen LogP contribution < -0.4 is 5.73 Å². The minimum absolute atomic E-state index is 0.511. The van der Waals surface area contributed by atoms with E-state index in [1.807, 2.05) is 42.6 Å². The highest BCUT2D eigenvalue weighted by Gasteiger charge is 2.05. The Balaban J connectivity index is 1.69. The predicted molar refractivity (Wildman–Crippen MR) is 96.9 cm³/mol. The molecule has 0 saturated carbocycles. The van der Waals surface area contributed by atoms with E-state index in [1.165, 1.54) is 0 Å². The van der Waals surface area contributed by atoms with Crippen LogP contribution in [-0.2, 0) is 0 Å². The number of pyridine rings is 2. The number of rotatable bonds is 3. The Labute approximate surface area is 138 Å². The molecule has 5 nitrogen and oxygen atoms in total. The average molecular weight is 313 g/mol. The standard InChI is InChI=1S/C19H15N5/c20-19-11-15(7-9-22-19)14-4-5-16-17(23-24-18(16)10-14)6-3-13-2-1-8-21-12-13/h1-12H,(H2,20,22)(H,23,24). The van der Waals surface area contributed by atoms with Crippen LogP contribution in [0.1, 0.15) is 11.3 Å². The molecule has 0 radical (unpaired) electrons. The normalized spacial score (nSPS) is 11.3. The van der Waals surface area contributed by atoms with Gasteiger partial charge in [0.15, 0.2) is 0 Å². The van der Waals surface area contributed by atoms with Gasteiger partial charge in [-0.05, 0) is 53.1 Å². The summed E-state index contributed by atoms with van der Waals surface area (Å²) in [6, 6.07) is 13.9. The van der Waals surface area contributed by atoms with Crippen LogP contribution in [0.3, 0.4) is 0 Å². The van der Waals surface area contributed by atoms with Gasteiger partial charge >= 0.3 is 0 Å². The summed E-state index contributed by atoms with van der Waals surface area (Å²) in [6.07, 6.45) is 9.27. The number of hydrogen-bond donors (Lipinski definition) is 2. The van der Waals surface area contributed by atoms with Crippen LogP contribution in [0.2, 0.25) is 0 Å². The summed E-state index contributed by atoms with van der Waals surface area (Å²) in [6.45, 7) is 0. The van der Waals surface area contributed by atoms with Gasteiger partial charge in [-0.3, -0.25) is 10.1 Å². The molecule has 3 N–H and O–H groups in total. The zero-order valence-corrected chi connectivity index (χ0v) is 12.8. The number of benzene rings is 1. The summed E-state index contributed by atoms with van der Waals surface area (Å²) in [7, 11) is 0. The first-order valence-corrected chi connectivity index (χ1v) is 7.58. The van der Waals surface area contributed by atoms with Gasteiger partial charge in [-0.2, -0.15) is 5.10 Å². The Morgan fingerprint density at radius 3 is 2.71 bits per heavy atom. The van der Waals surface area contributed by atoms with Crippen molar-refractivity contribution in [3.63, 3.8) is 0 Å². The molecule has 0 spiro atoms. The number of nitrogens with zero attached hydrogens (tertiary/aromatic N) is 3. The predicted octanol–water partition coefficient (Wildman–Crippen LogP) is 3.77. The molecule has 0 unspecified atom stereocenters. The van der Waals surface area contributed by atoms with E-state index in [-0.39, 0.29) is 0 Å². The molecule has 0 bridgehead atoms. The van der Waals surface area contributed by atoms with E-state index >= 15 is 0 Å². The van der Waals surface area contributed by atoms with Crippen molar-refractivity contribution in [2.75, 3.05) is 5.73 Å². The Kier molecular flexibility index (Phi) is 3.51. The first-order chi connectivity index (χ1) is 11.8. The quantitative estimate of drug-likeness (QED) is 0.603. The molecule has 4 rings (SSSR count). The van der Waals surface area contributed by atoms with Crippen molar-refractivity contribution >= 4 is 28.9 Å². The number of nitrogen functional groups attached to an aromatic ring is 1. The lowest BCUT2D eigenvalue weighted by Crippen LogP contribution is -1.89. The number of nitrogens with two attached hydrogens (primary N) is 1. The molecular formula is C19H15N5. The van der Waals surface area contributed by atoms with E-state index in [0.717, 1.165) is 33.3 Å². The highest BCUT2D eigenvalue weighted by molar-refractivity contribution is 5.92. The van der Waals surface area contributed by atoms with Crippen LogP contribution in [0.4, 0.5) is 5.82 Å². The lowest BCUT2D eigenvalue weighted by molar-refractivity contribution is 1.11. The number of hydrogen-bond acceptors (Lipinski definition) is 4. The molecule has 0 saturated heterocycles. The molecular weight excluding hydrogens is 298 g/mol. The number of H-pyrrole nitrogens is 1. The highest BCUT2D eigenvalue weighted by Crippen LogP contribution is 2.26. The van der Waals surface area contributed by atoms with E-state index in [0.29, 0.717) is 5.82 Å². The van der Waals surface area contributed by atoms with Gasteiger partial charge in [-0.15, -0.1) is 0 Å². The third-order valence-corrected chi connectivity index (χ3v) is 3.82. The maximum atomic E-state index is 5.76. The SMILES string of the molecule is Nc1cc(-c2ccc3c(C=Cc4cccnc4)n[nH]c3c2)ccn1. The van der Waals surface area contributed by atoms with Crippen molar-refractivity contribution < 1.29 is 0 Å². The summed E-state index contributed by atoms with van der Waals surface area (Å²) < 4.78 is 0. The smallest absolute Gasteiger partial charge is 0.123 e. The maximum absolute atomic E-state index is 5.76. The molecule has 3 aromatic heterocycles. The van der Waals surface area contributed by atoms with Gasteiger partial charge in [0.2, 0.25) is 0 Å². The van der Waals surface area contributed by atoms with Crippen molar-refractivity contribution in [1.29, 1.82) is 0 Å². The highest BCUT2D eigenvalue weighted by atomic mass is 15.1. The second-order valence-electron chi connectivity index (χ2n) is 5.46. The first kappa shape index (κ1) is 14.1. The van der Waals surface area contributed by atoms with Crippen LogP contribution in [0.15, 0.2) is 61.1 Å².